The molecule has 1 aromatic heterocycles. The van der Waals surface area contributed by atoms with E-state index in [2.05, 4.69) is 45.9 Å². The Kier molecular flexibility index (Phi) is 4.33. The number of thiophene rings is 1. The van der Waals surface area contributed by atoms with Gasteiger partial charge in [0.15, 0.2) is 0 Å². The van der Waals surface area contributed by atoms with Gasteiger partial charge in [-0.05, 0) is 47.7 Å². The van der Waals surface area contributed by atoms with Crippen LogP contribution in [0, 0.1) is 0 Å². The van der Waals surface area contributed by atoms with Gasteiger partial charge in [0.25, 0.3) is 0 Å². The molecule has 0 atom stereocenters. The standard InChI is InChI=1S/C18H20O2S/c1-12(15-9-10-16(21-15)18(2,3)4)11-13-5-7-14(8-6-13)17(19)20/h5-11H,1-4H3,(H,19,20)/b12-11+. The lowest BCUT2D eigenvalue weighted by Gasteiger charge is -2.15. The van der Waals surface area contributed by atoms with Crippen LogP contribution in [0.15, 0.2) is 36.4 Å². The van der Waals surface area contributed by atoms with Crippen molar-refractivity contribution in [3.8, 4) is 0 Å². The molecular formula is C18H20O2S. The summed E-state index contributed by atoms with van der Waals surface area (Å²) in [6, 6.07) is 11.3. The van der Waals surface area contributed by atoms with E-state index < -0.39 is 5.97 Å². The van der Waals surface area contributed by atoms with Crippen LogP contribution in [0.2, 0.25) is 0 Å². The van der Waals surface area contributed by atoms with Crippen LogP contribution in [0.25, 0.3) is 11.6 Å². The van der Waals surface area contributed by atoms with Crippen molar-refractivity contribution >= 4 is 29.0 Å². The molecule has 0 unspecified atom stereocenters. The number of carbonyl (C=O) groups is 1. The Bertz CT molecular complexity index is 670. The molecule has 2 rings (SSSR count). The summed E-state index contributed by atoms with van der Waals surface area (Å²) >= 11 is 1.81. The molecular weight excluding hydrogens is 280 g/mol. The largest absolute Gasteiger partial charge is 0.478 e. The molecule has 0 saturated heterocycles. The number of hydrogen-bond acceptors (Lipinski definition) is 2. The lowest BCUT2D eigenvalue weighted by molar-refractivity contribution is 0.0697. The Hall–Kier alpha value is -1.87. The minimum atomic E-state index is -0.893. The lowest BCUT2D eigenvalue weighted by atomic mass is 9.95. The third kappa shape index (κ3) is 3.82. The quantitative estimate of drug-likeness (QED) is 0.834. The van der Waals surface area contributed by atoms with Crippen LogP contribution in [0.1, 0.15) is 53.4 Å². The zero-order valence-electron chi connectivity index (χ0n) is 12.8. The van der Waals surface area contributed by atoms with Crippen LogP contribution >= 0.6 is 11.3 Å². The maximum atomic E-state index is 10.8. The van der Waals surface area contributed by atoms with Gasteiger partial charge in [-0.2, -0.15) is 0 Å². The molecule has 1 aromatic carbocycles. The van der Waals surface area contributed by atoms with Crippen LogP contribution in [0.3, 0.4) is 0 Å². The summed E-state index contributed by atoms with van der Waals surface area (Å²) in [5, 5.41) is 8.90. The number of allylic oxidation sites excluding steroid dienone is 1. The van der Waals surface area contributed by atoms with E-state index in [-0.39, 0.29) is 5.41 Å². The second-order valence-corrected chi connectivity index (χ2v) is 7.25. The van der Waals surface area contributed by atoms with E-state index in [0.717, 1.165) is 5.56 Å². The first-order chi connectivity index (χ1) is 9.77. The third-order valence-electron chi connectivity index (χ3n) is 3.27. The molecule has 110 valence electrons. The molecule has 0 aliphatic heterocycles. The molecule has 0 saturated carbocycles. The topological polar surface area (TPSA) is 37.3 Å². The van der Waals surface area contributed by atoms with E-state index in [1.165, 1.54) is 15.3 Å². The van der Waals surface area contributed by atoms with Crippen molar-refractivity contribution < 1.29 is 9.90 Å². The fraction of sp³-hybridized carbons (Fsp3) is 0.278. The Balaban J connectivity index is 2.24. The number of rotatable bonds is 3. The molecule has 2 aromatic rings. The van der Waals surface area contributed by atoms with Crippen molar-refractivity contribution in [3.05, 3.63) is 57.3 Å². The second-order valence-electron chi connectivity index (χ2n) is 6.17. The van der Waals surface area contributed by atoms with Crippen LogP contribution in [-0.4, -0.2) is 11.1 Å². The molecule has 0 fully saturated rings. The Labute approximate surface area is 129 Å². The summed E-state index contributed by atoms with van der Waals surface area (Å²) in [4.78, 5) is 13.5. The van der Waals surface area contributed by atoms with Crippen LogP contribution in [0.4, 0.5) is 0 Å². The van der Waals surface area contributed by atoms with E-state index in [4.69, 9.17) is 5.11 Å². The highest BCUT2D eigenvalue weighted by Crippen LogP contribution is 2.33. The van der Waals surface area contributed by atoms with Gasteiger partial charge in [0.05, 0.1) is 5.56 Å². The van der Waals surface area contributed by atoms with E-state index >= 15 is 0 Å². The predicted molar refractivity (Wildman–Crippen MR) is 90.0 cm³/mol. The van der Waals surface area contributed by atoms with Gasteiger partial charge < -0.3 is 5.11 Å². The van der Waals surface area contributed by atoms with Crippen LogP contribution < -0.4 is 0 Å². The van der Waals surface area contributed by atoms with E-state index in [0.29, 0.717) is 5.56 Å². The minimum Gasteiger partial charge on any atom is -0.478 e. The van der Waals surface area contributed by atoms with Gasteiger partial charge >= 0.3 is 5.97 Å². The molecule has 2 nitrogen and oxygen atoms in total. The average molecular weight is 300 g/mol. The Morgan fingerprint density at radius 2 is 1.71 bits per heavy atom. The molecule has 0 amide bonds. The van der Waals surface area contributed by atoms with E-state index in [1.807, 2.05) is 23.5 Å². The van der Waals surface area contributed by atoms with Crippen molar-refractivity contribution in [1.29, 1.82) is 0 Å². The molecule has 0 aliphatic carbocycles. The zero-order chi connectivity index (χ0) is 15.6. The monoisotopic (exact) mass is 300 g/mol. The van der Waals surface area contributed by atoms with Gasteiger partial charge in [0.2, 0.25) is 0 Å². The first-order valence-electron chi connectivity index (χ1n) is 6.90. The molecule has 1 heterocycles. The molecule has 0 bridgehead atoms. The fourth-order valence-electron chi connectivity index (χ4n) is 2.00. The van der Waals surface area contributed by atoms with Gasteiger partial charge in [0.1, 0.15) is 0 Å². The number of carboxylic acids is 1. The maximum Gasteiger partial charge on any atom is 0.335 e. The van der Waals surface area contributed by atoms with Gasteiger partial charge in [-0.15, -0.1) is 11.3 Å². The summed E-state index contributed by atoms with van der Waals surface area (Å²) in [6.07, 6.45) is 2.09. The molecule has 21 heavy (non-hydrogen) atoms. The normalized spacial score (nSPS) is 12.5. The zero-order valence-corrected chi connectivity index (χ0v) is 13.6. The number of aromatic carboxylic acids is 1. The summed E-state index contributed by atoms with van der Waals surface area (Å²) < 4.78 is 0. The number of carboxylic acid groups (broad SMARTS) is 1. The Morgan fingerprint density at radius 3 is 2.19 bits per heavy atom. The fourth-order valence-corrected chi connectivity index (χ4v) is 3.03. The van der Waals surface area contributed by atoms with Gasteiger partial charge in [-0.3, -0.25) is 0 Å². The minimum absolute atomic E-state index is 0.173. The SMILES string of the molecule is C/C(=C\c1ccc(C(=O)O)cc1)c1ccc(C(C)(C)C)s1. The highest BCUT2D eigenvalue weighted by atomic mass is 32.1. The summed E-state index contributed by atoms with van der Waals surface area (Å²) in [5.74, 6) is -0.893. The third-order valence-corrected chi connectivity index (χ3v) is 4.92. The molecule has 1 N–H and O–H groups in total. The Morgan fingerprint density at radius 1 is 1.10 bits per heavy atom. The highest BCUT2D eigenvalue weighted by molar-refractivity contribution is 7.13. The molecule has 0 radical (unpaired) electrons. The highest BCUT2D eigenvalue weighted by Gasteiger charge is 2.16. The average Bonchev–Trinajstić information content (AvgIpc) is 2.88. The number of hydrogen-bond donors (Lipinski definition) is 1. The smallest absolute Gasteiger partial charge is 0.335 e. The lowest BCUT2D eigenvalue weighted by Crippen LogP contribution is -2.07. The van der Waals surface area contributed by atoms with Crippen molar-refractivity contribution in [2.24, 2.45) is 0 Å². The van der Waals surface area contributed by atoms with Crippen molar-refractivity contribution in [2.75, 3.05) is 0 Å². The van der Waals surface area contributed by atoms with Gasteiger partial charge in [-0.25, -0.2) is 4.79 Å². The summed E-state index contributed by atoms with van der Waals surface area (Å²) in [6.45, 7) is 8.73. The first-order valence-corrected chi connectivity index (χ1v) is 7.71. The van der Waals surface area contributed by atoms with Gasteiger partial charge in [-0.1, -0.05) is 39.0 Å². The summed E-state index contributed by atoms with van der Waals surface area (Å²) in [5.41, 5.74) is 2.70. The molecule has 0 spiro atoms. The second kappa shape index (κ2) is 5.86. The van der Waals surface area contributed by atoms with Crippen molar-refractivity contribution in [3.63, 3.8) is 0 Å². The van der Waals surface area contributed by atoms with E-state index in [9.17, 15) is 4.79 Å². The van der Waals surface area contributed by atoms with Crippen LogP contribution in [-0.2, 0) is 5.41 Å². The molecule has 0 aliphatic rings. The first kappa shape index (κ1) is 15.5. The van der Waals surface area contributed by atoms with Gasteiger partial charge in [0, 0.05) is 9.75 Å². The van der Waals surface area contributed by atoms with Crippen LogP contribution in [0.5, 0.6) is 0 Å². The molecule has 3 heteroatoms. The summed E-state index contributed by atoms with van der Waals surface area (Å²) in [7, 11) is 0. The van der Waals surface area contributed by atoms with Crippen molar-refractivity contribution in [1.82, 2.24) is 0 Å². The van der Waals surface area contributed by atoms with Crippen molar-refractivity contribution in [2.45, 2.75) is 33.1 Å². The van der Waals surface area contributed by atoms with E-state index in [1.54, 1.807) is 12.1 Å². The predicted octanol–water partition coefficient (Wildman–Crippen LogP) is 5.30. The maximum absolute atomic E-state index is 10.8. The number of benzene rings is 1.